The molecule has 2 aromatic heterocycles. The van der Waals surface area contributed by atoms with E-state index in [-0.39, 0.29) is 5.92 Å². The van der Waals surface area contributed by atoms with Crippen LogP contribution in [0.25, 0.3) is 98.8 Å². The van der Waals surface area contributed by atoms with Crippen molar-refractivity contribution < 1.29 is 8.83 Å². The Morgan fingerprint density at radius 1 is 0.415 bits per heavy atom. The third kappa shape index (κ3) is 6.35. The summed E-state index contributed by atoms with van der Waals surface area (Å²) in [5.41, 5.74) is 14.6. The van der Waals surface area contributed by atoms with Crippen LogP contribution >= 0.6 is 0 Å². The second kappa shape index (κ2) is 15.1. The fourth-order valence-electron chi connectivity index (χ4n) is 10.1. The fourth-order valence-corrected chi connectivity index (χ4v) is 10.1. The summed E-state index contributed by atoms with van der Waals surface area (Å²) < 4.78 is 13.8. The maximum absolute atomic E-state index is 7.03. The van der Waals surface area contributed by atoms with Crippen molar-refractivity contribution in [1.82, 2.24) is 0 Å². The number of hydrogen-bond donors (Lipinski definition) is 0. The molecule has 0 radical (unpaired) electrons. The van der Waals surface area contributed by atoms with Gasteiger partial charge < -0.3 is 13.7 Å². The maximum atomic E-state index is 7.03. The van der Waals surface area contributed by atoms with E-state index in [9.17, 15) is 0 Å². The molecule has 65 heavy (non-hydrogen) atoms. The van der Waals surface area contributed by atoms with Crippen molar-refractivity contribution in [2.24, 2.45) is 0 Å². The Morgan fingerprint density at radius 2 is 1.02 bits per heavy atom. The largest absolute Gasteiger partial charge is 0.456 e. The molecule has 1 atom stereocenters. The van der Waals surface area contributed by atoms with E-state index in [1.165, 1.54) is 32.7 Å². The normalized spacial score (nSPS) is 14.0. The van der Waals surface area contributed by atoms with Gasteiger partial charge in [-0.05, 0) is 116 Å². The molecule has 0 fully saturated rings. The van der Waals surface area contributed by atoms with Gasteiger partial charge in [0.05, 0.1) is 11.1 Å². The lowest BCUT2D eigenvalue weighted by Crippen LogP contribution is -2.17. The van der Waals surface area contributed by atoms with Gasteiger partial charge in [0.1, 0.15) is 22.3 Å². The monoisotopic (exact) mass is 831 g/mol. The molecule has 1 aliphatic rings. The Balaban J connectivity index is 0.977. The standard InChI is InChI=1S/C62H41NO2/c1-4-12-40(13-5-1)46-25-31-54-55-33-29-50(39-60(55)64-58(54)37-46)63(49-27-22-42(23-28-49)45-24-30-52-48(36-45)21-20-44-18-10-11-19-51(44)52)57-35-34-53(43-16-8-3-9-17-43)62-61(57)56-32-26-47(38-59(56)65-62)41-14-6-2-7-15-41/h1-22,24-39,42H,23H2. The third-order valence-corrected chi connectivity index (χ3v) is 13.4. The molecule has 1 aliphatic carbocycles. The molecule has 0 saturated heterocycles. The van der Waals surface area contributed by atoms with Crippen LogP contribution in [0, 0.1) is 0 Å². The summed E-state index contributed by atoms with van der Waals surface area (Å²) in [5, 5.41) is 9.44. The highest BCUT2D eigenvalue weighted by molar-refractivity contribution is 6.17. The van der Waals surface area contributed by atoms with Gasteiger partial charge in [0, 0.05) is 45.1 Å². The van der Waals surface area contributed by atoms with Crippen LogP contribution in [0.5, 0.6) is 0 Å². The van der Waals surface area contributed by atoms with Gasteiger partial charge in [-0.15, -0.1) is 0 Å². The zero-order valence-electron chi connectivity index (χ0n) is 35.5. The van der Waals surface area contributed by atoms with Crippen molar-refractivity contribution in [3.63, 3.8) is 0 Å². The average Bonchev–Trinajstić information content (AvgIpc) is 3.95. The van der Waals surface area contributed by atoms with Gasteiger partial charge in [-0.3, -0.25) is 0 Å². The number of allylic oxidation sites excluding steroid dienone is 3. The molecule has 3 heteroatoms. The van der Waals surface area contributed by atoms with Crippen molar-refractivity contribution in [2.75, 3.05) is 4.90 Å². The Morgan fingerprint density at radius 3 is 1.74 bits per heavy atom. The van der Waals surface area contributed by atoms with E-state index in [0.717, 1.165) is 95.2 Å². The Hall–Kier alpha value is -8.40. The van der Waals surface area contributed by atoms with E-state index in [1.807, 2.05) is 0 Å². The first-order valence-electron chi connectivity index (χ1n) is 22.4. The number of rotatable bonds is 7. The molecule has 2 heterocycles. The molecule has 12 aromatic rings. The molecule has 0 N–H and O–H groups in total. The SMILES string of the molecule is C1=CC(c2ccc3c(ccc4ccccc43)c2)CC=C1N(c1ccc2c(c1)oc1cc(-c3ccccc3)ccc12)c1ccc(-c2ccccc2)c2oc3cc(-c4ccccc4)ccc3c12. The van der Waals surface area contributed by atoms with Crippen LogP contribution in [-0.4, -0.2) is 0 Å². The molecular formula is C62H41NO2. The van der Waals surface area contributed by atoms with Gasteiger partial charge in [-0.2, -0.15) is 0 Å². The summed E-state index contributed by atoms with van der Waals surface area (Å²) in [4.78, 5) is 2.40. The zero-order chi connectivity index (χ0) is 42.8. The van der Waals surface area contributed by atoms with Gasteiger partial charge in [-0.25, -0.2) is 0 Å². The van der Waals surface area contributed by atoms with E-state index in [4.69, 9.17) is 8.83 Å². The van der Waals surface area contributed by atoms with Crippen LogP contribution < -0.4 is 4.90 Å². The van der Waals surface area contributed by atoms with Gasteiger partial charge in [0.25, 0.3) is 0 Å². The maximum Gasteiger partial charge on any atom is 0.145 e. The predicted molar refractivity (Wildman–Crippen MR) is 272 cm³/mol. The van der Waals surface area contributed by atoms with Crippen molar-refractivity contribution in [3.05, 3.63) is 242 Å². The number of fused-ring (bicyclic) bond motifs is 9. The minimum absolute atomic E-state index is 0.236. The zero-order valence-corrected chi connectivity index (χ0v) is 35.5. The van der Waals surface area contributed by atoms with Crippen molar-refractivity contribution in [1.29, 1.82) is 0 Å². The van der Waals surface area contributed by atoms with Crippen molar-refractivity contribution in [3.8, 4) is 33.4 Å². The first-order valence-corrected chi connectivity index (χ1v) is 22.4. The Labute approximate surface area is 376 Å². The molecule has 13 rings (SSSR count). The molecule has 10 aromatic carbocycles. The lowest BCUT2D eigenvalue weighted by Gasteiger charge is -2.30. The molecule has 3 nitrogen and oxygen atoms in total. The molecule has 0 saturated carbocycles. The lowest BCUT2D eigenvalue weighted by atomic mass is 9.89. The van der Waals surface area contributed by atoms with Crippen molar-refractivity contribution in [2.45, 2.75) is 12.3 Å². The third-order valence-electron chi connectivity index (χ3n) is 13.4. The van der Waals surface area contributed by atoms with Crippen LogP contribution in [0.15, 0.2) is 245 Å². The predicted octanol–water partition coefficient (Wildman–Crippen LogP) is 17.6. The molecule has 0 bridgehead atoms. The fraction of sp³-hybridized carbons (Fsp3) is 0.0323. The molecule has 0 aliphatic heterocycles. The van der Waals surface area contributed by atoms with Crippen LogP contribution in [0.3, 0.4) is 0 Å². The highest BCUT2D eigenvalue weighted by atomic mass is 16.3. The Kier molecular flexibility index (Phi) is 8.67. The molecule has 1 unspecified atom stereocenters. The summed E-state index contributed by atoms with van der Waals surface area (Å²) in [5.74, 6) is 0.236. The summed E-state index contributed by atoms with van der Waals surface area (Å²) in [6, 6.07) is 76.1. The summed E-state index contributed by atoms with van der Waals surface area (Å²) in [6.45, 7) is 0. The summed E-state index contributed by atoms with van der Waals surface area (Å²) >= 11 is 0. The van der Waals surface area contributed by atoms with Gasteiger partial charge in [-0.1, -0.05) is 170 Å². The number of anilines is 2. The number of nitrogens with zero attached hydrogens (tertiary/aromatic N) is 1. The lowest BCUT2D eigenvalue weighted by molar-refractivity contribution is 0.669. The topological polar surface area (TPSA) is 29.5 Å². The summed E-state index contributed by atoms with van der Waals surface area (Å²) in [6.07, 6.45) is 7.94. The molecule has 306 valence electrons. The Bertz CT molecular complexity index is 3860. The van der Waals surface area contributed by atoms with Gasteiger partial charge in [0.15, 0.2) is 0 Å². The van der Waals surface area contributed by atoms with E-state index in [2.05, 4.69) is 235 Å². The first kappa shape index (κ1) is 37.2. The highest BCUT2D eigenvalue weighted by Gasteiger charge is 2.25. The second-order valence-electron chi connectivity index (χ2n) is 17.2. The summed E-state index contributed by atoms with van der Waals surface area (Å²) in [7, 11) is 0. The smallest absolute Gasteiger partial charge is 0.145 e. The minimum Gasteiger partial charge on any atom is -0.456 e. The van der Waals surface area contributed by atoms with E-state index in [0.29, 0.717) is 0 Å². The average molecular weight is 832 g/mol. The molecule has 0 amide bonds. The van der Waals surface area contributed by atoms with E-state index >= 15 is 0 Å². The van der Waals surface area contributed by atoms with Crippen LogP contribution in [0.1, 0.15) is 17.9 Å². The number of furan rings is 2. The van der Waals surface area contributed by atoms with E-state index < -0.39 is 0 Å². The first-order chi connectivity index (χ1) is 32.2. The van der Waals surface area contributed by atoms with Crippen molar-refractivity contribution >= 4 is 76.8 Å². The number of hydrogen-bond acceptors (Lipinski definition) is 3. The quantitative estimate of drug-likeness (QED) is 0.150. The molecular weight excluding hydrogens is 791 g/mol. The second-order valence-corrected chi connectivity index (χ2v) is 17.2. The van der Waals surface area contributed by atoms with E-state index in [1.54, 1.807) is 0 Å². The highest BCUT2D eigenvalue weighted by Crippen LogP contribution is 2.47. The van der Waals surface area contributed by atoms with Gasteiger partial charge >= 0.3 is 0 Å². The number of benzene rings is 10. The van der Waals surface area contributed by atoms with Gasteiger partial charge in [0.2, 0.25) is 0 Å². The van der Waals surface area contributed by atoms with Crippen LogP contribution in [-0.2, 0) is 0 Å². The molecule has 0 spiro atoms. The van der Waals surface area contributed by atoms with Crippen LogP contribution in [0.2, 0.25) is 0 Å². The minimum atomic E-state index is 0.236. The van der Waals surface area contributed by atoms with Crippen LogP contribution in [0.4, 0.5) is 11.4 Å².